The second-order valence-electron chi connectivity index (χ2n) is 12.9. The molecule has 0 saturated heterocycles. The minimum absolute atomic E-state index is 0.259. The highest BCUT2D eigenvalue weighted by atomic mass is 19.1. The Morgan fingerprint density at radius 3 is 1.27 bits per heavy atom. The first-order valence-electron chi connectivity index (χ1n) is 17.0. The Balaban J connectivity index is 1.22. The minimum Gasteiger partial charge on any atom is -0.310 e. The van der Waals surface area contributed by atoms with Crippen molar-refractivity contribution in [2.45, 2.75) is 0 Å². The molecule has 2 heterocycles. The van der Waals surface area contributed by atoms with Gasteiger partial charge in [-0.05, 0) is 120 Å². The van der Waals surface area contributed by atoms with E-state index in [1.165, 1.54) is 29.7 Å². The molecule has 0 aliphatic rings. The summed E-state index contributed by atoms with van der Waals surface area (Å²) in [6.07, 6.45) is 0. The summed E-state index contributed by atoms with van der Waals surface area (Å²) < 4.78 is 32.3. The zero-order valence-corrected chi connectivity index (χ0v) is 27.3. The van der Waals surface area contributed by atoms with E-state index in [9.17, 15) is 8.78 Å². The van der Waals surface area contributed by atoms with Crippen molar-refractivity contribution in [3.05, 3.63) is 188 Å². The van der Waals surface area contributed by atoms with E-state index in [0.29, 0.717) is 0 Å². The summed E-state index contributed by atoms with van der Waals surface area (Å²) in [6.45, 7) is 0. The van der Waals surface area contributed by atoms with Crippen molar-refractivity contribution in [3.63, 3.8) is 0 Å². The number of anilines is 3. The van der Waals surface area contributed by atoms with Gasteiger partial charge in [0, 0.05) is 50.0 Å². The van der Waals surface area contributed by atoms with Crippen molar-refractivity contribution in [2.75, 3.05) is 4.90 Å². The normalized spacial score (nSPS) is 11.7. The number of halogens is 2. The summed E-state index contributed by atoms with van der Waals surface area (Å²) in [6, 6.07) is 58.3. The lowest BCUT2D eigenvalue weighted by Crippen LogP contribution is -2.10. The fraction of sp³-hybridized carbons (Fsp3) is 0. The van der Waals surface area contributed by atoms with Crippen molar-refractivity contribution < 1.29 is 8.78 Å². The molecule has 0 aliphatic carbocycles. The molecule has 51 heavy (non-hydrogen) atoms. The van der Waals surface area contributed by atoms with Crippen LogP contribution in [0, 0.1) is 11.6 Å². The van der Waals surface area contributed by atoms with Gasteiger partial charge in [-0.15, -0.1) is 0 Å². The van der Waals surface area contributed by atoms with Crippen LogP contribution in [-0.2, 0) is 0 Å². The average molecular weight is 662 g/mol. The quantitative estimate of drug-likeness (QED) is 0.179. The molecule has 0 unspecified atom stereocenters. The van der Waals surface area contributed by atoms with Crippen LogP contribution in [0.25, 0.3) is 65.8 Å². The number of fused-ring (bicyclic) bond motifs is 7. The summed E-state index contributed by atoms with van der Waals surface area (Å²) in [4.78, 5) is 2.32. The molecule has 0 saturated carbocycles. The van der Waals surface area contributed by atoms with Crippen LogP contribution in [0.3, 0.4) is 0 Å². The van der Waals surface area contributed by atoms with Crippen molar-refractivity contribution in [3.8, 4) is 11.4 Å². The number of aromatic nitrogens is 2. The third-order valence-corrected chi connectivity index (χ3v) is 9.99. The SMILES string of the molecule is Fc1ccc(-n2c3ccccc3c3cc(N(c4ccc5ccccc5c4)c4ccc5c(c4)c4ccccc4n5-c4ccc(F)cc4)ccc32)cc1. The molecule has 0 atom stereocenters. The molecule has 0 spiro atoms. The van der Waals surface area contributed by atoms with Gasteiger partial charge in [0.05, 0.1) is 22.1 Å². The lowest BCUT2D eigenvalue weighted by molar-refractivity contribution is 0.627. The largest absolute Gasteiger partial charge is 0.310 e. The molecule has 3 nitrogen and oxygen atoms in total. The number of rotatable bonds is 5. The third kappa shape index (κ3) is 4.70. The van der Waals surface area contributed by atoms with E-state index in [1.54, 1.807) is 0 Å². The zero-order chi connectivity index (χ0) is 34.1. The first-order chi connectivity index (χ1) is 25.1. The maximum Gasteiger partial charge on any atom is 0.123 e. The van der Waals surface area contributed by atoms with Crippen LogP contribution in [0.1, 0.15) is 0 Å². The summed E-state index contributed by atoms with van der Waals surface area (Å²) in [5.74, 6) is -0.517. The third-order valence-electron chi connectivity index (χ3n) is 9.99. The van der Waals surface area contributed by atoms with Crippen LogP contribution < -0.4 is 4.90 Å². The second-order valence-corrected chi connectivity index (χ2v) is 12.9. The van der Waals surface area contributed by atoms with Crippen molar-refractivity contribution in [1.82, 2.24) is 9.13 Å². The van der Waals surface area contributed by atoms with E-state index >= 15 is 0 Å². The summed E-state index contributed by atoms with van der Waals surface area (Å²) >= 11 is 0. The highest BCUT2D eigenvalue weighted by Crippen LogP contribution is 2.43. The summed E-state index contributed by atoms with van der Waals surface area (Å²) in [5, 5.41) is 6.78. The van der Waals surface area contributed by atoms with Crippen molar-refractivity contribution >= 4 is 71.4 Å². The molecule has 0 radical (unpaired) electrons. The summed E-state index contributed by atoms with van der Waals surface area (Å²) in [5.41, 5.74) is 9.09. The average Bonchev–Trinajstić information content (AvgIpc) is 3.68. The van der Waals surface area contributed by atoms with E-state index < -0.39 is 0 Å². The van der Waals surface area contributed by atoms with E-state index in [1.807, 2.05) is 36.4 Å². The molecule has 0 amide bonds. The molecule has 5 heteroatoms. The Kier molecular flexibility index (Phi) is 6.55. The Hall–Kier alpha value is -6.72. The smallest absolute Gasteiger partial charge is 0.123 e. The monoisotopic (exact) mass is 661 g/mol. The zero-order valence-electron chi connectivity index (χ0n) is 27.3. The number of hydrogen-bond donors (Lipinski definition) is 0. The highest BCUT2D eigenvalue weighted by Gasteiger charge is 2.20. The molecule has 242 valence electrons. The maximum absolute atomic E-state index is 14.0. The number of nitrogens with zero attached hydrogens (tertiary/aromatic N) is 3. The van der Waals surface area contributed by atoms with Gasteiger partial charge in [0.2, 0.25) is 0 Å². The van der Waals surface area contributed by atoms with Gasteiger partial charge < -0.3 is 14.0 Å². The van der Waals surface area contributed by atoms with Gasteiger partial charge in [-0.2, -0.15) is 0 Å². The number of benzene rings is 8. The summed E-state index contributed by atoms with van der Waals surface area (Å²) in [7, 11) is 0. The van der Waals surface area contributed by atoms with Crippen molar-refractivity contribution in [2.24, 2.45) is 0 Å². The van der Waals surface area contributed by atoms with Crippen molar-refractivity contribution in [1.29, 1.82) is 0 Å². The lowest BCUT2D eigenvalue weighted by Gasteiger charge is -2.26. The minimum atomic E-state index is -0.259. The van der Waals surface area contributed by atoms with Crippen LogP contribution in [0.15, 0.2) is 176 Å². The molecule has 0 bridgehead atoms. The van der Waals surface area contributed by atoms with E-state index in [2.05, 4.69) is 129 Å². The Morgan fingerprint density at radius 1 is 0.333 bits per heavy atom. The Labute approximate surface area is 292 Å². The molecule has 10 aromatic rings. The maximum atomic E-state index is 14.0. The molecule has 8 aromatic carbocycles. The predicted molar refractivity (Wildman–Crippen MR) is 207 cm³/mol. The van der Waals surface area contributed by atoms with Gasteiger partial charge in [0.25, 0.3) is 0 Å². The molecular weight excluding hydrogens is 633 g/mol. The molecular formula is C46H29F2N3. The molecule has 10 rings (SSSR count). The standard InChI is InChI=1S/C46H29F2N3/c47-32-14-19-34(20-15-32)50-43-11-5-3-9-39(43)41-28-37(23-25-45(41)50)49(36-18-13-30-7-1-2-8-31(30)27-36)38-24-26-46-42(29-38)40-10-4-6-12-44(40)51(46)35-21-16-33(48)17-22-35/h1-29H. The van der Waals surface area contributed by atoms with Crippen LogP contribution in [0.2, 0.25) is 0 Å². The van der Waals surface area contributed by atoms with E-state index in [4.69, 9.17) is 0 Å². The van der Waals surface area contributed by atoms with Crippen LogP contribution in [0.4, 0.5) is 25.8 Å². The van der Waals surface area contributed by atoms with Crippen LogP contribution in [-0.4, -0.2) is 9.13 Å². The highest BCUT2D eigenvalue weighted by molar-refractivity contribution is 6.12. The first kappa shape index (κ1) is 29.2. The molecule has 0 aliphatic heterocycles. The number of para-hydroxylation sites is 2. The molecule has 0 N–H and O–H groups in total. The van der Waals surface area contributed by atoms with Gasteiger partial charge in [0.15, 0.2) is 0 Å². The molecule has 2 aromatic heterocycles. The van der Waals surface area contributed by atoms with E-state index in [0.717, 1.165) is 77.4 Å². The number of hydrogen-bond acceptors (Lipinski definition) is 1. The van der Waals surface area contributed by atoms with Gasteiger partial charge in [0.1, 0.15) is 11.6 Å². The van der Waals surface area contributed by atoms with Gasteiger partial charge in [-0.3, -0.25) is 0 Å². The second kappa shape index (κ2) is 11.4. The fourth-order valence-corrected chi connectivity index (χ4v) is 7.70. The fourth-order valence-electron chi connectivity index (χ4n) is 7.70. The van der Waals surface area contributed by atoms with Gasteiger partial charge in [-0.1, -0.05) is 66.7 Å². The van der Waals surface area contributed by atoms with Crippen LogP contribution in [0.5, 0.6) is 0 Å². The predicted octanol–water partition coefficient (Wildman–Crippen LogP) is 12.8. The Bertz CT molecular complexity index is 2770. The van der Waals surface area contributed by atoms with Gasteiger partial charge in [-0.25, -0.2) is 8.78 Å². The van der Waals surface area contributed by atoms with Gasteiger partial charge >= 0.3 is 0 Å². The Morgan fingerprint density at radius 2 is 0.745 bits per heavy atom. The first-order valence-corrected chi connectivity index (χ1v) is 17.0. The van der Waals surface area contributed by atoms with Crippen LogP contribution >= 0.6 is 0 Å². The topological polar surface area (TPSA) is 13.1 Å². The molecule has 0 fully saturated rings. The van der Waals surface area contributed by atoms with E-state index in [-0.39, 0.29) is 11.6 Å². The lowest BCUT2D eigenvalue weighted by atomic mass is 10.1.